The van der Waals surface area contributed by atoms with Crippen LogP contribution < -0.4 is 15.4 Å². The van der Waals surface area contributed by atoms with Crippen molar-refractivity contribution in [3.05, 3.63) is 59.7 Å². The molecule has 0 aromatic heterocycles. The van der Waals surface area contributed by atoms with E-state index in [1.54, 1.807) is 0 Å². The molecular formula is C17H19N3O. The maximum Gasteiger partial charge on any atom is 0.122 e. The molecule has 0 saturated carbocycles. The lowest BCUT2D eigenvalue weighted by Gasteiger charge is -2.19. The molecule has 0 amide bonds. The van der Waals surface area contributed by atoms with E-state index in [-0.39, 0.29) is 5.84 Å². The van der Waals surface area contributed by atoms with Crippen molar-refractivity contribution < 1.29 is 4.74 Å². The van der Waals surface area contributed by atoms with Gasteiger partial charge in [-0.1, -0.05) is 18.2 Å². The highest BCUT2D eigenvalue weighted by Gasteiger charge is 2.17. The fourth-order valence-corrected chi connectivity index (χ4v) is 2.64. The number of nitrogens with two attached hydrogens (primary N) is 1. The second-order valence-corrected chi connectivity index (χ2v) is 5.15. The predicted molar refractivity (Wildman–Crippen MR) is 85.3 cm³/mol. The number of nitrogen functional groups attached to an aromatic ring is 1. The summed E-state index contributed by atoms with van der Waals surface area (Å²) in [5, 5.41) is 7.36. The Morgan fingerprint density at radius 1 is 1.14 bits per heavy atom. The maximum atomic E-state index is 7.36. The summed E-state index contributed by atoms with van der Waals surface area (Å²) in [6, 6.07) is 15.9. The van der Waals surface area contributed by atoms with Crippen LogP contribution in [0.2, 0.25) is 0 Å². The summed E-state index contributed by atoms with van der Waals surface area (Å²) in [5.41, 5.74) is 8.89. The van der Waals surface area contributed by atoms with Gasteiger partial charge in [-0.05, 0) is 42.3 Å². The molecule has 3 N–H and O–H groups in total. The van der Waals surface area contributed by atoms with Crippen LogP contribution in [0, 0.1) is 5.41 Å². The molecule has 1 heterocycles. The highest BCUT2D eigenvalue weighted by molar-refractivity contribution is 5.94. The number of nitrogens with one attached hydrogen (secondary N) is 1. The first-order valence-electron chi connectivity index (χ1n) is 7.14. The molecule has 2 aromatic rings. The van der Waals surface area contributed by atoms with E-state index in [1.807, 2.05) is 24.3 Å². The molecule has 1 aliphatic rings. The minimum absolute atomic E-state index is 0.0789. The topological polar surface area (TPSA) is 62.3 Å². The lowest BCUT2D eigenvalue weighted by Crippen LogP contribution is -2.26. The van der Waals surface area contributed by atoms with Gasteiger partial charge in [0.25, 0.3) is 0 Å². The number of fused-ring (bicyclic) bond motifs is 1. The van der Waals surface area contributed by atoms with Crippen LogP contribution in [0.25, 0.3) is 0 Å². The van der Waals surface area contributed by atoms with Crippen molar-refractivity contribution in [2.75, 3.05) is 24.6 Å². The minimum Gasteiger partial charge on any atom is -0.492 e. The fraction of sp³-hybridized carbons (Fsp3) is 0.235. The quantitative estimate of drug-likeness (QED) is 0.653. The van der Waals surface area contributed by atoms with Gasteiger partial charge in [0.2, 0.25) is 0 Å². The Bertz CT molecular complexity index is 637. The molecule has 0 spiro atoms. The maximum absolute atomic E-state index is 7.36. The summed E-state index contributed by atoms with van der Waals surface area (Å²) in [6.45, 7) is 2.59. The number of anilines is 1. The zero-order valence-corrected chi connectivity index (χ0v) is 11.9. The minimum atomic E-state index is 0.0789. The molecule has 0 fully saturated rings. The number of nitrogens with zero attached hydrogens (tertiary/aromatic N) is 1. The van der Waals surface area contributed by atoms with Gasteiger partial charge >= 0.3 is 0 Å². The van der Waals surface area contributed by atoms with Crippen LogP contribution in [0.4, 0.5) is 5.69 Å². The molecule has 3 rings (SSSR count). The van der Waals surface area contributed by atoms with Crippen molar-refractivity contribution in [3.63, 3.8) is 0 Å². The molecule has 4 heteroatoms. The third-order valence-electron chi connectivity index (χ3n) is 3.78. The molecule has 2 aromatic carbocycles. The number of benzene rings is 2. The molecule has 0 bridgehead atoms. The summed E-state index contributed by atoms with van der Waals surface area (Å²) in [7, 11) is 0. The van der Waals surface area contributed by atoms with Crippen molar-refractivity contribution in [2.45, 2.75) is 6.42 Å². The largest absolute Gasteiger partial charge is 0.492 e. The lowest BCUT2D eigenvalue weighted by molar-refractivity contribution is 0.324. The molecule has 0 unspecified atom stereocenters. The molecule has 21 heavy (non-hydrogen) atoms. The van der Waals surface area contributed by atoms with Crippen LogP contribution in [0.3, 0.4) is 0 Å². The van der Waals surface area contributed by atoms with E-state index in [0.29, 0.717) is 6.61 Å². The van der Waals surface area contributed by atoms with E-state index < -0.39 is 0 Å². The van der Waals surface area contributed by atoms with Crippen LogP contribution in [0.5, 0.6) is 5.75 Å². The predicted octanol–water partition coefficient (Wildman–Crippen LogP) is 2.41. The van der Waals surface area contributed by atoms with Crippen LogP contribution in [-0.2, 0) is 6.42 Å². The first kappa shape index (κ1) is 13.5. The molecule has 0 saturated heterocycles. The Morgan fingerprint density at radius 3 is 2.67 bits per heavy atom. The Labute approximate surface area is 124 Å². The monoisotopic (exact) mass is 281 g/mol. The summed E-state index contributed by atoms with van der Waals surface area (Å²) in [4.78, 5) is 2.36. The molecule has 0 aliphatic carbocycles. The van der Waals surface area contributed by atoms with E-state index in [9.17, 15) is 0 Å². The zero-order valence-electron chi connectivity index (χ0n) is 11.9. The van der Waals surface area contributed by atoms with Gasteiger partial charge in [-0.3, -0.25) is 5.41 Å². The number of para-hydroxylation sites is 1. The van der Waals surface area contributed by atoms with Crippen LogP contribution >= 0.6 is 0 Å². The highest BCUT2D eigenvalue weighted by Crippen LogP contribution is 2.26. The second kappa shape index (κ2) is 5.87. The average Bonchev–Trinajstić information content (AvgIpc) is 2.91. The van der Waals surface area contributed by atoms with Crippen LogP contribution in [0.1, 0.15) is 11.1 Å². The Kier molecular flexibility index (Phi) is 3.77. The van der Waals surface area contributed by atoms with Crippen molar-refractivity contribution in [3.8, 4) is 5.75 Å². The SMILES string of the molecule is N=C(N)c1ccc(OCCN2CCc3ccccc32)cc1. The number of hydrogen-bond acceptors (Lipinski definition) is 3. The van der Waals surface area contributed by atoms with Gasteiger partial charge in [0, 0.05) is 17.8 Å². The van der Waals surface area contributed by atoms with Crippen molar-refractivity contribution in [2.24, 2.45) is 5.73 Å². The molecule has 0 radical (unpaired) electrons. The zero-order chi connectivity index (χ0) is 14.7. The van der Waals surface area contributed by atoms with Crippen LogP contribution in [0.15, 0.2) is 48.5 Å². The summed E-state index contributed by atoms with van der Waals surface area (Å²) in [5.74, 6) is 0.891. The van der Waals surface area contributed by atoms with Gasteiger partial charge in [-0.2, -0.15) is 0 Å². The van der Waals surface area contributed by atoms with Crippen LogP contribution in [-0.4, -0.2) is 25.5 Å². The second-order valence-electron chi connectivity index (χ2n) is 5.15. The average molecular weight is 281 g/mol. The third-order valence-corrected chi connectivity index (χ3v) is 3.78. The molecule has 1 aliphatic heterocycles. The smallest absolute Gasteiger partial charge is 0.122 e. The Hall–Kier alpha value is -2.49. The van der Waals surface area contributed by atoms with Gasteiger partial charge in [0.1, 0.15) is 18.2 Å². The van der Waals surface area contributed by atoms with Crippen molar-refractivity contribution >= 4 is 11.5 Å². The van der Waals surface area contributed by atoms with E-state index >= 15 is 0 Å². The fourth-order valence-electron chi connectivity index (χ4n) is 2.64. The molecule has 4 nitrogen and oxygen atoms in total. The third kappa shape index (κ3) is 2.99. The number of hydrogen-bond donors (Lipinski definition) is 2. The number of rotatable bonds is 5. The standard InChI is InChI=1S/C17H19N3O/c18-17(19)14-5-7-15(8-6-14)21-12-11-20-10-9-13-3-1-2-4-16(13)20/h1-8H,9-12H2,(H3,18,19). The molecule has 108 valence electrons. The number of ether oxygens (including phenoxy) is 1. The van der Waals surface area contributed by atoms with Gasteiger partial charge in [-0.15, -0.1) is 0 Å². The van der Waals surface area contributed by atoms with E-state index in [4.69, 9.17) is 15.9 Å². The van der Waals surface area contributed by atoms with Gasteiger partial charge in [0.05, 0.1) is 6.54 Å². The normalized spacial score (nSPS) is 13.0. The van der Waals surface area contributed by atoms with Crippen molar-refractivity contribution in [1.29, 1.82) is 5.41 Å². The summed E-state index contributed by atoms with van der Waals surface area (Å²) < 4.78 is 5.76. The Balaban J connectivity index is 1.54. The number of amidine groups is 1. The van der Waals surface area contributed by atoms with E-state index in [1.165, 1.54) is 11.3 Å². The molecule has 0 atom stereocenters. The van der Waals surface area contributed by atoms with E-state index in [0.717, 1.165) is 30.8 Å². The van der Waals surface area contributed by atoms with Gasteiger partial charge < -0.3 is 15.4 Å². The van der Waals surface area contributed by atoms with E-state index in [2.05, 4.69) is 29.2 Å². The molecular weight excluding hydrogens is 262 g/mol. The van der Waals surface area contributed by atoms with Gasteiger partial charge in [-0.25, -0.2) is 0 Å². The summed E-state index contributed by atoms with van der Waals surface area (Å²) in [6.07, 6.45) is 1.11. The lowest BCUT2D eigenvalue weighted by atomic mass is 10.2. The van der Waals surface area contributed by atoms with Gasteiger partial charge in [0.15, 0.2) is 0 Å². The first-order valence-corrected chi connectivity index (χ1v) is 7.14. The highest BCUT2D eigenvalue weighted by atomic mass is 16.5. The summed E-state index contributed by atoms with van der Waals surface area (Å²) >= 11 is 0. The Morgan fingerprint density at radius 2 is 1.90 bits per heavy atom. The first-order chi connectivity index (χ1) is 10.2. The van der Waals surface area contributed by atoms with Crippen molar-refractivity contribution in [1.82, 2.24) is 0 Å².